The highest BCUT2D eigenvalue weighted by Crippen LogP contribution is 2.20. The van der Waals surface area contributed by atoms with Crippen LogP contribution < -0.4 is 5.32 Å². The molecule has 0 unspecified atom stereocenters. The predicted octanol–water partition coefficient (Wildman–Crippen LogP) is 5.05. The maximum Gasteiger partial charge on any atom is 0.0991 e. The van der Waals surface area contributed by atoms with Gasteiger partial charge in [-0.05, 0) is 54.1 Å². The Bertz CT molecular complexity index is 827. The minimum absolute atomic E-state index is 0.651. The van der Waals surface area contributed by atoms with E-state index in [1.54, 1.807) is 18.3 Å². The first-order valence-corrected chi connectivity index (χ1v) is 7.30. The lowest BCUT2D eigenvalue weighted by Crippen LogP contribution is -1.88. The number of anilines is 2. The van der Waals surface area contributed by atoms with Gasteiger partial charge in [0.25, 0.3) is 0 Å². The molecule has 0 aliphatic carbocycles. The van der Waals surface area contributed by atoms with Gasteiger partial charge < -0.3 is 5.32 Å². The first-order chi connectivity index (χ1) is 11.3. The Morgan fingerprint density at radius 2 is 1.43 bits per heavy atom. The number of benzene rings is 3. The van der Waals surface area contributed by atoms with E-state index in [-0.39, 0.29) is 0 Å². The van der Waals surface area contributed by atoms with E-state index < -0.39 is 0 Å². The van der Waals surface area contributed by atoms with Crippen LogP contribution in [-0.2, 0) is 0 Å². The molecule has 3 heteroatoms. The Morgan fingerprint density at radius 3 is 2.09 bits per heavy atom. The summed E-state index contributed by atoms with van der Waals surface area (Å²) in [4.78, 5) is 4.44. The van der Waals surface area contributed by atoms with Crippen molar-refractivity contribution in [3.63, 3.8) is 0 Å². The average molecular weight is 297 g/mol. The van der Waals surface area contributed by atoms with Gasteiger partial charge >= 0.3 is 0 Å². The normalized spacial score (nSPS) is 10.4. The Balaban J connectivity index is 1.67. The molecule has 110 valence electrons. The predicted molar refractivity (Wildman–Crippen MR) is 94.6 cm³/mol. The summed E-state index contributed by atoms with van der Waals surface area (Å²) in [6.45, 7) is 0. The first-order valence-electron chi connectivity index (χ1n) is 7.30. The molecule has 0 bridgehead atoms. The van der Waals surface area contributed by atoms with Crippen molar-refractivity contribution in [1.82, 2.24) is 0 Å². The fourth-order valence-electron chi connectivity index (χ4n) is 2.11. The molecule has 0 aliphatic heterocycles. The Morgan fingerprint density at radius 1 is 0.783 bits per heavy atom. The molecular formula is C20H15N3. The third kappa shape index (κ3) is 4.05. The van der Waals surface area contributed by atoms with Crippen molar-refractivity contribution in [3.05, 3.63) is 90.0 Å². The minimum atomic E-state index is 0.651. The van der Waals surface area contributed by atoms with Gasteiger partial charge in [-0.3, -0.25) is 4.99 Å². The van der Waals surface area contributed by atoms with Crippen molar-refractivity contribution in [2.24, 2.45) is 4.99 Å². The van der Waals surface area contributed by atoms with Crippen molar-refractivity contribution in [2.45, 2.75) is 0 Å². The maximum atomic E-state index is 8.78. The Kier molecular flexibility index (Phi) is 4.47. The Hall–Kier alpha value is -3.38. The molecule has 0 aliphatic rings. The molecule has 3 aromatic carbocycles. The van der Waals surface area contributed by atoms with Gasteiger partial charge in [-0.25, -0.2) is 0 Å². The van der Waals surface area contributed by atoms with Crippen LogP contribution in [0, 0.1) is 11.3 Å². The topological polar surface area (TPSA) is 48.2 Å². The van der Waals surface area contributed by atoms with E-state index in [1.807, 2.05) is 66.7 Å². The van der Waals surface area contributed by atoms with E-state index in [2.05, 4.69) is 16.4 Å². The van der Waals surface area contributed by atoms with Crippen LogP contribution in [0.1, 0.15) is 11.1 Å². The summed E-state index contributed by atoms with van der Waals surface area (Å²) in [6.07, 6.45) is 1.79. The highest BCUT2D eigenvalue weighted by Gasteiger charge is 1.95. The fraction of sp³-hybridized carbons (Fsp3) is 0. The van der Waals surface area contributed by atoms with Crippen LogP contribution in [0.2, 0.25) is 0 Å². The van der Waals surface area contributed by atoms with E-state index in [0.717, 1.165) is 22.6 Å². The van der Waals surface area contributed by atoms with E-state index in [0.29, 0.717) is 5.56 Å². The fourth-order valence-corrected chi connectivity index (χ4v) is 2.11. The molecule has 3 aromatic rings. The number of hydrogen-bond donors (Lipinski definition) is 1. The van der Waals surface area contributed by atoms with Crippen molar-refractivity contribution in [2.75, 3.05) is 5.32 Å². The van der Waals surface area contributed by atoms with Gasteiger partial charge in [-0.15, -0.1) is 0 Å². The van der Waals surface area contributed by atoms with E-state index in [9.17, 15) is 0 Å². The van der Waals surface area contributed by atoms with Crippen molar-refractivity contribution in [3.8, 4) is 6.07 Å². The van der Waals surface area contributed by atoms with Crippen LogP contribution >= 0.6 is 0 Å². The largest absolute Gasteiger partial charge is 0.356 e. The molecule has 0 atom stereocenters. The second kappa shape index (κ2) is 7.06. The number of aliphatic imine (C=N–C) groups is 1. The molecule has 1 N–H and O–H groups in total. The van der Waals surface area contributed by atoms with Crippen molar-refractivity contribution >= 4 is 23.3 Å². The number of nitrogens with zero attached hydrogens (tertiary/aromatic N) is 2. The quantitative estimate of drug-likeness (QED) is 0.685. The molecular weight excluding hydrogens is 282 g/mol. The lowest BCUT2D eigenvalue weighted by molar-refractivity contribution is 1.47. The highest BCUT2D eigenvalue weighted by molar-refractivity contribution is 5.82. The lowest BCUT2D eigenvalue weighted by Gasteiger charge is -2.06. The third-order valence-corrected chi connectivity index (χ3v) is 3.33. The zero-order valence-corrected chi connectivity index (χ0v) is 12.5. The first kappa shape index (κ1) is 14.6. The standard InChI is InChI=1S/C20H15N3/c21-14-16-6-8-17(9-7-16)15-22-18-10-12-20(13-11-18)23-19-4-2-1-3-5-19/h1-13,15,23H. The van der Waals surface area contributed by atoms with Crippen LogP contribution in [0.3, 0.4) is 0 Å². The number of hydrogen-bond acceptors (Lipinski definition) is 3. The van der Waals surface area contributed by atoms with Gasteiger partial charge in [0.2, 0.25) is 0 Å². The van der Waals surface area contributed by atoms with Gasteiger partial charge in [-0.1, -0.05) is 30.3 Å². The Labute approximate surface area is 135 Å². The molecule has 0 heterocycles. The molecule has 3 rings (SSSR count). The minimum Gasteiger partial charge on any atom is -0.356 e. The smallest absolute Gasteiger partial charge is 0.0991 e. The number of nitrogens with one attached hydrogen (secondary N) is 1. The summed E-state index contributed by atoms with van der Waals surface area (Å²) in [5, 5.41) is 12.1. The van der Waals surface area contributed by atoms with Gasteiger partial charge in [-0.2, -0.15) is 5.26 Å². The monoisotopic (exact) mass is 297 g/mol. The highest BCUT2D eigenvalue weighted by atomic mass is 14.9. The van der Waals surface area contributed by atoms with Crippen molar-refractivity contribution < 1.29 is 0 Å². The van der Waals surface area contributed by atoms with E-state index >= 15 is 0 Å². The zero-order chi connectivity index (χ0) is 15.9. The third-order valence-electron chi connectivity index (χ3n) is 3.33. The van der Waals surface area contributed by atoms with Crippen LogP contribution in [0.5, 0.6) is 0 Å². The second-order valence-corrected chi connectivity index (χ2v) is 5.03. The van der Waals surface area contributed by atoms with Crippen LogP contribution in [-0.4, -0.2) is 6.21 Å². The van der Waals surface area contributed by atoms with Gasteiger partial charge in [0.05, 0.1) is 17.3 Å². The lowest BCUT2D eigenvalue weighted by atomic mass is 10.2. The average Bonchev–Trinajstić information content (AvgIpc) is 2.62. The molecule has 0 saturated heterocycles. The summed E-state index contributed by atoms with van der Waals surface area (Å²) in [5.74, 6) is 0. The summed E-state index contributed by atoms with van der Waals surface area (Å²) in [6, 6.07) is 27.4. The number of para-hydroxylation sites is 1. The molecule has 0 saturated carbocycles. The summed E-state index contributed by atoms with van der Waals surface area (Å²) in [7, 11) is 0. The SMILES string of the molecule is N#Cc1ccc(C=Nc2ccc(Nc3ccccc3)cc2)cc1. The zero-order valence-electron chi connectivity index (χ0n) is 12.5. The summed E-state index contributed by atoms with van der Waals surface area (Å²) >= 11 is 0. The van der Waals surface area contributed by atoms with Gasteiger partial charge in [0.1, 0.15) is 0 Å². The molecule has 0 aromatic heterocycles. The summed E-state index contributed by atoms with van der Waals surface area (Å²) in [5.41, 5.74) is 4.58. The van der Waals surface area contributed by atoms with Crippen LogP contribution in [0.15, 0.2) is 83.9 Å². The molecule has 0 fully saturated rings. The number of rotatable bonds is 4. The van der Waals surface area contributed by atoms with E-state index in [4.69, 9.17) is 5.26 Å². The van der Waals surface area contributed by atoms with Gasteiger partial charge in [0, 0.05) is 17.6 Å². The molecule has 0 radical (unpaired) electrons. The van der Waals surface area contributed by atoms with Gasteiger partial charge in [0.15, 0.2) is 0 Å². The molecule has 0 amide bonds. The van der Waals surface area contributed by atoms with Crippen LogP contribution in [0.25, 0.3) is 0 Å². The summed E-state index contributed by atoms with van der Waals surface area (Å²) < 4.78 is 0. The molecule has 23 heavy (non-hydrogen) atoms. The number of nitriles is 1. The van der Waals surface area contributed by atoms with E-state index in [1.165, 1.54) is 0 Å². The molecule has 3 nitrogen and oxygen atoms in total. The van der Waals surface area contributed by atoms with Crippen molar-refractivity contribution in [1.29, 1.82) is 5.26 Å². The second-order valence-electron chi connectivity index (χ2n) is 5.03. The maximum absolute atomic E-state index is 8.78. The molecule has 0 spiro atoms. The van der Waals surface area contributed by atoms with Crippen LogP contribution in [0.4, 0.5) is 17.1 Å².